The number of carbonyl (C=O) groups excluding carboxylic acids is 2. The second-order valence-electron chi connectivity index (χ2n) is 8.62. The number of hydrogen-bond donors (Lipinski definition) is 1. The van der Waals surface area contributed by atoms with Crippen LogP contribution in [0.15, 0.2) is 48.8 Å². The van der Waals surface area contributed by atoms with E-state index in [4.69, 9.17) is 4.74 Å². The number of ether oxygens (including phenoxy) is 1. The highest BCUT2D eigenvalue weighted by atomic mass is 16.5. The maximum atomic E-state index is 12.5. The van der Waals surface area contributed by atoms with Crippen molar-refractivity contribution in [1.29, 1.82) is 0 Å². The van der Waals surface area contributed by atoms with E-state index in [-0.39, 0.29) is 29.8 Å². The molecule has 2 aliphatic rings. The number of amides is 2. The van der Waals surface area contributed by atoms with Crippen molar-refractivity contribution in [2.45, 2.75) is 32.8 Å². The third-order valence-electron chi connectivity index (χ3n) is 5.94. The molecule has 1 aromatic heterocycles. The Kier molecular flexibility index (Phi) is 6.39. The molecule has 2 aromatic rings. The molecule has 2 amide bonds. The van der Waals surface area contributed by atoms with Crippen LogP contribution < -0.4 is 15.0 Å². The molecule has 0 spiro atoms. The zero-order valence-corrected chi connectivity index (χ0v) is 18.2. The number of nitrogens with one attached hydrogen (secondary N) is 1. The highest BCUT2D eigenvalue weighted by molar-refractivity contribution is 5.94. The number of rotatable bonds is 6. The van der Waals surface area contributed by atoms with Gasteiger partial charge in [0.2, 0.25) is 11.8 Å². The lowest BCUT2D eigenvalue weighted by atomic mass is 9.98. The van der Waals surface area contributed by atoms with Crippen LogP contribution in [0.25, 0.3) is 0 Å². The van der Waals surface area contributed by atoms with E-state index in [1.54, 1.807) is 6.20 Å². The SMILES string of the molecule is CC(C)C(=O)N1CCC(Oc2ccc(NC(=O)C3CN(c4cccnc4)C3)cc2)CC1. The van der Waals surface area contributed by atoms with Gasteiger partial charge in [-0.05, 0) is 36.4 Å². The van der Waals surface area contributed by atoms with Crippen molar-refractivity contribution in [1.82, 2.24) is 9.88 Å². The maximum absolute atomic E-state index is 12.5. The highest BCUT2D eigenvalue weighted by Gasteiger charge is 2.33. The molecule has 1 aromatic carbocycles. The van der Waals surface area contributed by atoms with E-state index in [0.29, 0.717) is 13.1 Å². The molecule has 2 saturated heterocycles. The van der Waals surface area contributed by atoms with Crippen molar-refractivity contribution in [2.75, 3.05) is 36.4 Å². The van der Waals surface area contributed by atoms with Gasteiger partial charge in [0.1, 0.15) is 11.9 Å². The Labute approximate surface area is 183 Å². The lowest BCUT2D eigenvalue weighted by Gasteiger charge is -2.39. The van der Waals surface area contributed by atoms with Gasteiger partial charge in [0.15, 0.2) is 0 Å². The molecule has 0 aliphatic carbocycles. The molecule has 7 heteroatoms. The van der Waals surface area contributed by atoms with Gasteiger partial charge in [-0.1, -0.05) is 13.8 Å². The highest BCUT2D eigenvalue weighted by Crippen LogP contribution is 2.26. The number of hydrogen-bond acceptors (Lipinski definition) is 5. The number of benzene rings is 1. The van der Waals surface area contributed by atoms with Crippen molar-refractivity contribution in [3.63, 3.8) is 0 Å². The second-order valence-corrected chi connectivity index (χ2v) is 8.62. The summed E-state index contributed by atoms with van der Waals surface area (Å²) in [5.74, 6) is 1.07. The first-order valence-electron chi connectivity index (χ1n) is 11.0. The molecule has 0 unspecified atom stereocenters. The molecule has 0 radical (unpaired) electrons. The normalized spacial score (nSPS) is 17.4. The first-order chi connectivity index (χ1) is 15.0. The average Bonchev–Trinajstić information content (AvgIpc) is 2.75. The summed E-state index contributed by atoms with van der Waals surface area (Å²) < 4.78 is 6.08. The quantitative estimate of drug-likeness (QED) is 0.774. The van der Waals surface area contributed by atoms with Crippen LogP contribution >= 0.6 is 0 Å². The first kappa shape index (κ1) is 21.2. The van der Waals surface area contributed by atoms with Crippen molar-refractivity contribution in [3.8, 4) is 5.75 Å². The first-order valence-corrected chi connectivity index (χ1v) is 11.0. The molecule has 164 valence electrons. The van der Waals surface area contributed by atoms with E-state index in [1.165, 1.54) is 0 Å². The standard InChI is InChI=1S/C24H30N4O3/c1-17(2)24(30)27-12-9-22(10-13-27)31-21-7-5-19(6-8-21)26-23(29)18-15-28(16-18)20-4-3-11-25-14-20/h3-8,11,14,17-18,22H,9-10,12-13,15-16H2,1-2H3,(H,26,29). The summed E-state index contributed by atoms with van der Waals surface area (Å²) in [4.78, 5) is 32.8. The Morgan fingerprint density at radius 2 is 1.81 bits per heavy atom. The molecule has 7 nitrogen and oxygen atoms in total. The Morgan fingerprint density at radius 3 is 2.42 bits per heavy atom. The van der Waals surface area contributed by atoms with Crippen molar-refractivity contribution < 1.29 is 14.3 Å². The van der Waals surface area contributed by atoms with Crippen LogP contribution in [-0.2, 0) is 9.59 Å². The largest absolute Gasteiger partial charge is 0.490 e. The lowest BCUT2D eigenvalue weighted by Crippen LogP contribution is -2.52. The van der Waals surface area contributed by atoms with Crippen LogP contribution in [0.1, 0.15) is 26.7 Å². The Bertz CT molecular complexity index is 887. The van der Waals surface area contributed by atoms with Crippen LogP contribution in [0.5, 0.6) is 5.75 Å². The second kappa shape index (κ2) is 9.37. The van der Waals surface area contributed by atoms with Gasteiger partial charge in [-0.3, -0.25) is 14.6 Å². The number of likely N-dealkylation sites (tertiary alicyclic amines) is 1. The van der Waals surface area contributed by atoms with E-state index in [9.17, 15) is 9.59 Å². The van der Waals surface area contributed by atoms with Gasteiger partial charge in [-0.2, -0.15) is 0 Å². The van der Waals surface area contributed by atoms with E-state index in [0.717, 1.165) is 43.1 Å². The minimum Gasteiger partial charge on any atom is -0.490 e. The minimum absolute atomic E-state index is 0.0186. The summed E-state index contributed by atoms with van der Waals surface area (Å²) in [6, 6.07) is 11.4. The van der Waals surface area contributed by atoms with Gasteiger partial charge in [0.25, 0.3) is 0 Å². The molecule has 3 heterocycles. The smallest absolute Gasteiger partial charge is 0.231 e. The molecule has 0 bridgehead atoms. The summed E-state index contributed by atoms with van der Waals surface area (Å²) >= 11 is 0. The molecule has 2 fully saturated rings. The van der Waals surface area contributed by atoms with Crippen LogP contribution in [0, 0.1) is 11.8 Å². The zero-order chi connectivity index (χ0) is 21.8. The summed E-state index contributed by atoms with van der Waals surface area (Å²) in [6.07, 6.45) is 5.36. The maximum Gasteiger partial charge on any atom is 0.231 e. The molecular weight excluding hydrogens is 392 g/mol. The Hall–Kier alpha value is -3.09. The van der Waals surface area contributed by atoms with E-state index in [2.05, 4.69) is 15.2 Å². The number of pyridine rings is 1. The number of carbonyl (C=O) groups is 2. The third-order valence-corrected chi connectivity index (χ3v) is 5.94. The van der Waals surface area contributed by atoms with Gasteiger partial charge in [0, 0.05) is 56.8 Å². The Balaban J connectivity index is 1.21. The molecule has 0 saturated carbocycles. The third kappa shape index (κ3) is 5.16. The van der Waals surface area contributed by atoms with Gasteiger partial charge >= 0.3 is 0 Å². The van der Waals surface area contributed by atoms with Crippen molar-refractivity contribution >= 4 is 23.2 Å². The molecule has 0 atom stereocenters. The predicted octanol–water partition coefficient (Wildman–Crippen LogP) is 3.18. The number of aromatic nitrogens is 1. The summed E-state index contributed by atoms with van der Waals surface area (Å²) in [7, 11) is 0. The molecule has 2 aliphatic heterocycles. The van der Waals surface area contributed by atoms with Crippen LogP contribution in [0.2, 0.25) is 0 Å². The van der Waals surface area contributed by atoms with Crippen LogP contribution in [0.3, 0.4) is 0 Å². The fourth-order valence-corrected chi connectivity index (χ4v) is 4.01. The number of nitrogens with zero attached hydrogens (tertiary/aromatic N) is 3. The minimum atomic E-state index is -0.0186. The van der Waals surface area contributed by atoms with Crippen molar-refractivity contribution in [2.24, 2.45) is 11.8 Å². The van der Waals surface area contributed by atoms with E-state index >= 15 is 0 Å². The van der Waals surface area contributed by atoms with Crippen molar-refractivity contribution in [3.05, 3.63) is 48.8 Å². The topological polar surface area (TPSA) is 74.8 Å². The van der Waals surface area contributed by atoms with Gasteiger partial charge in [-0.15, -0.1) is 0 Å². The average molecular weight is 423 g/mol. The van der Waals surface area contributed by atoms with Crippen LogP contribution in [0.4, 0.5) is 11.4 Å². The number of anilines is 2. The Morgan fingerprint density at radius 1 is 1.10 bits per heavy atom. The number of piperidine rings is 1. The molecule has 4 rings (SSSR count). The predicted molar refractivity (Wildman–Crippen MR) is 120 cm³/mol. The summed E-state index contributed by atoms with van der Waals surface area (Å²) in [6.45, 7) is 6.77. The molecule has 31 heavy (non-hydrogen) atoms. The van der Waals surface area contributed by atoms with E-state index in [1.807, 2.05) is 61.3 Å². The summed E-state index contributed by atoms with van der Waals surface area (Å²) in [5, 5.41) is 2.99. The molecule has 1 N–H and O–H groups in total. The van der Waals surface area contributed by atoms with Crippen LogP contribution in [-0.4, -0.2) is 54.0 Å². The summed E-state index contributed by atoms with van der Waals surface area (Å²) in [5.41, 5.74) is 1.82. The fourth-order valence-electron chi connectivity index (χ4n) is 4.01. The fraction of sp³-hybridized carbons (Fsp3) is 0.458. The molecular formula is C24H30N4O3. The van der Waals surface area contributed by atoms with Gasteiger partial charge < -0.3 is 19.9 Å². The monoisotopic (exact) mass is 422 g/mol. The lowest BCUT2D eigenvalue weighted by molar-refractivity contribution is -0.136. The van der Waals surface area contributed by atoms with Gasteiger partial charge in [0.05, 0.1) is 17.8 Å². The van der Waals surface area contributed by atoms with E-state index < -0.39 is 0 Å². The van der Waals surface area contributed by atoms with Gasteiger partial charge in [-0.25, -0.2) is 0 Å². The zero-order valence-electron chi connectivity index (χ0n) is 18.2.